The number of ether oxygens (including phenoxy) is 3. The minimum absolute atomic E-state index is 0.124. The van der Waals surface area contributed by atoms with Gasteiger partial charge in [0.05, 0.1) is 32.3 Å². The van der Waals surface area contributed by atoms with Crippen LogP contribution in [-0.2, 0) is 23.8 Å². The Hall–Kier alpha value is -1.14. The summed E-state index contributed by atoms with van der Waals surface area (Å²) in [4.78, 5) is 25.3. The molecule has 0 aromatic carbocycles. The Balaban J connectivity index is 2.71. The van der Waals surface area contributed by atoms with Crippen LogP contribution in [0.3, 0.4) is 0 Å². The van der Waals surface area contributed by atoms with E-state index in [-0.39, 0.29) is 18.9 Å². The standard InChI is InChI=1S/C12H21NO5/c1-12(2,17-4)7-10(14)13-5-6-18-8-9(13)11(15)16-3/h9H,5-8H2,1-4H3. The fourth-order valence-corrected chi connectivity index (χ4v) is 1.77. The van der Waals surface area contributed by atoms with Gasteiger partial charge in [0.15, 0.2) is 6.04 Å². The topological polar surface area (TPSA) is 65.1 Å². The Morgan fingerprint density at radius 3 is 2.61 bits per heavy atom. The van der Waals surface area contributed by atoms with Crippen molar-refractivity contribution in [2.75, 3.05) is 34.0 Å². The fraction of sp³-hybridized carbons (Fsp3) is 0.833. The molecule has 104 valence electrons. The first-order valence-electron chi connectivity index (χ1n) is 5.91. The van der Waals surface area contributed by atoms with Crippen LogP contribution < -0.4 is 0 Å². The van der Waals surface area contributed by atoms with Gasteiger partial charge in [0.1, 0.15) is 0 Å². The molecule has 0 saturated carbocycles. The lowest BCUT2D eigenvalue weighted by Gasteiger charge is -2.35. The van der Waals surface area contributed by atoms with Gasteiger partial charge < -0.3 is 19.1 Å². The highest BCUT2D eigenvalue weighted by atomic mass is 16.5. The minimum atomic E-state index is -0.649. The molecule has 1 unspecified atom stereocenters. The number of methoxy groups -OCH3 is 2. The number of rotatable bonds is 4. The van der Waals surface area contributed by atoms with Gasteiger partial charge in [-0.2, -0.15) is 0 Å². The summed E-state index contributed by atoms with van der Waals surface area (Å²) in [5, 5.41) is 0. The van der Waals surface area contributed by atoms with Crippen LogP contribution in [0.15, 0.2) is 0 Å². The molecular weight excluding hydrogens is 238 g/mol. The van der Waals surface area contributed by atoms with Gasteiger partial charge in [-0.3, -0.25) is 4.79 Å². The zero-order valence-electron chi connectivity index (χ0n) is 11.4. The third-order valence-electron chi connectivity index (χ3n) is 3.05. The van der Waals surface area contributed by atoms with Crippen LogP contribution in [0.1, 0.15) is 20.3 Å². The zero-order chi connectivity index (χ0) is 13.8. The quantitative estimate of drug-likeness (QED) is 0.675. The van der Waals surface area contributed by atoms with Crippen LogP contribution >= 0.6 is 0 Å². The molecule has 0 aromatic rings. The van der Waals surface area contributed by atoms with E-state index in [1.165, 1.54) is 12.0 Å². The highest BCUT2D eigenvalue weighted by Crippen LogP contribution is 2.18. The largest absolute Gasteiger partial charge is 0.467 e. The van der Waals surface area contributed by atoms with Crippen LogP contribution in [0.4, 0.5) is 0 Å². The van der Waals surface area contributed by atoms with Crippen LogP contribution in [-0.4, -0.2) is 62.4 Å². The van der Waals surface area contributed by atoms with E-state index >= 15 is 0 Å². The first-order valence-corrected chi connectivity index (χ1v) is 5.91. The molecule has 0 N–H and O–H groups in total. The van der Waals surface area contributed by atoms with E-state index in [9.17, 15) is 9.59 Å². The summed E-state index contributed by atoms with van der Waals surface area (Å²) in [5.41, 5.74) is -0.546. The molecule has 1 aliphatic rings. The SMILES string of the molecule is COC(=O)C1COCCN1C(=O)CC(C)(C)OC. The van der Waals surface area contributed by atoms with E-state index in [1.54, 1.807) is 7.11 Å². The Bertz CT molecular complexity index is 316. The molecule has 6 heteroatoms. The fourth-order valence-electron chi connectivity index (χ4n) is 1.77. The molecule has 1 fully saturated rings. The zero-order valence-corrected chi connectivity index (χ0v) is 11.4. The molecule has 1 saturated heterocycles. The van der Waals surface area contributed by atoms with Gasteiger partial charge in [0.2, 0.25) is 5.91 Å². The number of amides is 1. The van der Waals surface area contributed by atoms with Crippen molar-refractivity contribution in [3.8, 4) is 0 Å². The van der Waals surface area contributed by atoms with Crippen LogP contribution in [0.5, 0.6) is 0 Å². The molecule has 0 spiro atoms. The Morgan fingerprint density at radius 2 is 2.06 bits per heavy atom. The summed E-state index contributed by atoms with van der Waals surface area (Å²) >= 11 is 0. The highest BCUT2D eigenvalue weighted by Gasteiger charge is 2.35. The third-order valence-corrected chi connectivity index (χ3v) is 3.05. The predicted octanol–water partition coefficient (Wildman–Crippen LogP) is 0.202. The van der Waals surface area contributed by atoms with Gasteiger partial charge in [-0.1, -0.05) is 0 Å². The van der Waals surface area contributed by atoms with Crippen molar-refractivity contribution in [1.29, 1.82) is 0 Å². The molecule has 0 radical (unpaired) electrons. The van der Waals surface area contributed by atoms with Gasteiger partial charge in [0.25, 0.3) is 0 Å². The summed E-state index contributed by atoms with van der Waals surface area (Å²) in [6.07, 6.45) is 0.219. The number of esters is 1. The molecule has 18 heavy (non-hydrogen) atoms. The number of carbonyl (C=O) groups excluding carboxylic acids is 2. The third kappa shape index (κ3) is 3.68. The van der Waals surface area contributed by atoms with Crippen molar-refractivity contribution in [2.24, 2.45) is 0 Å². The normalized spacial score (nSPS) is 20.7. The molecule has 1 rings (SSSR count). The predicted molar refractivity (Wildman–Crippen MR) is 64.0 cm³/mol. The molecule has 0 aliphatic carbocycles. The Kier molecular flexibility index (Phi) is 5.10. The van der Waals surface area contributed by atoms with Crippen LogP contribution in [0, 0.1) is 0 Å². The van der Waals surface area contributed by atoms with E-state index < -0.39 is 17.6 Å². The average molecular weight is 259 g/mol. The maximum Gasteiger partial charge on any atom is 0.331 e. The number of hydrogen-bond donors (Lipinski definition) is 0. The molecule has 1 aliphatic heterocycles. The maximum absolute atomic E-state index is 12.2. The lowest BCUT2D eigenvalue weighted by atomic mass is 10.0. The lowest BCUT2D eigenvalue weighted by Crippen LogP contribution is -2.54. The summed E-state index contributed by atoms with van der Waals surface area (Å²) in [7, 11) is 2.86. The average Bonchev–Trinajstić information content (AvgIpc) is 2.37. The molecule has 1 heterocycles. The van der Waals surface area contributed by atoms with E-state index in [2.05, 4.69) is 4.74 Å². The van der Waals surface area contributed by atoms with Crippen molar-refractivity contribution in [3.05, 3.63) is 0 Å². The monoisotopic (exact) mass is 259 g/mol. The van der Waals surface area contributed by atoms with Crippen molar-refractivity contribution in [1.82, 2.24) is 4.90 Å². The second-order valence-electron chi connectivity index (χ2n) is 4.84. The van der Waals surface area contributed by atoms with Crippen molar-refractivity contribution < 1.29 is 23.8 Å². The van der Waals surface area contributed by atoms with E-state index in [4.69, 9.17) is 9.47 Å². The summed E-state index contributed by atoms with van der Waals surface area (Å²) in [6, 6.07) is -0.649. The summed E-state index contributed by atoms with van der Waals surface area (Å²) < 4.78 is 15.1. The molecular formula is C12H21NO5. The van der Waals surface area contributed by atoms with Gasteiger partial charge in [0, 0.05) is 13.7 Å². The second kappa shape index (κ2) is 6.15. The highest BCUT2D eigenvalue weighted by molar-refractivity contribution is 5.85. The molecule has 1 atom stereocenters. The summed E-state index contributed by atoms with van der Waals surface area (Å²) in [5.74, 6) is -0.571. The number of morpholine rings is 1. The first-order chi connectivity index (χ1) is 8.41. The Morgan fingerprint density at radius 1 is 1.39 bits per heavy atom. The van der Waals surface area contributed by atoms with Crippen LogP contribution in [0.25, 0.3) is 0 Å². The summed E-state index contributed by atoms with van der Waals surface area (Å²) in [6.45, 7) is 4.69. The van der Waals surface area contributed by atoms with Gasteiger partial charge in [-0.25, -0.2) is 4.79 Å². The Labute approximate surface area is 107 Å². The molecule has 1 amide bonds. The first kappa shape index (κ1) is 14.9. The minimum Gasteiger partial charge on any atom is -0.467 e. The van der Waals surface area contributed by atoms with Crippen molar-refractivity contribution >= 4 is 11.9 Å². The van der Waals surface area contributed by atoms with E-state index in [0.717, 1.165) is 0 Å². The molecule has 6 nitrogen and oxygen atoms in total. The van der Waals surface area contributed by atoms with Crippen molar-refractivity contribution in [3.63, 3.8) is 0 Å². The number of hydrogen-bond acceptors (Lipinski definition) is 5. The number of carbonyl (C=O) groups is 2. The smallest absolute Gasteiger partial charge is 0.331 e. The van der Waals surface area contributed by atoms with E-state index in [0.29, 0.717) is 13.2 Å². The van der Waals surface area contributed by atoms with Gasteiger partial charge in [-0.05, 0) is 13.8 Å². The maximum atomic E-state index is 12.2. The number of nitrogens with zero attached hydrogens (tertiary/aromatic N) is 1. The second-order valence-corrected chi connectivity index (χ2v) is 4.84. The van der Waals surface area contributed by atoms with Gasteiger partial charge in [-0.15, -0.1) is 0 Å². The van der Waals surface area contributed by atoms with Gasteiger partial charge >= 0.3 is 5.97 Å². The van der Waals surface area contributed by atoms with E-state index in [1.807, 2.05) is 13.8 Å². The molecule has 0 bridgehead atoms. The molecule has 0 aromatic heterocycles. The van der Waals surface area contributed by atoms with Crippen molar-refractivity contribution in [2.45, 2.75) is 31.9 Å². The van der Waals surface area contributed by atoms with Crippen LogP contribution in [0.2, 0.25) is 0 Å². The lowest BCUT2D eigenvalue weighted by molar-refractivity contribution is -0.162.